The zero-order valence-electron chi connectivity index (χ0n) is 16.3. The molecular formula is C19H32O7. The summed E-state index contributed by atoms with van der Waals surface area (Å²) in [6, 6.07) is 0. The fourth-order valence-corrected chi connectivity index (χ4v) is 4.24. The summed E-state index contributed by atoms with van der Waals surface area (Å²) in [5.41, 5.74) is -0.245. The van der Waals surface area contributed by atoms with Crippen LogP contribution in [0.15, 0.2) is 11.6 Å². The van der Waals surface area contributed by atoms with Crippen molar-refractivity contribution in [3.05, 3.63) is 11.6 Å². The van der Waals surface area contributed by atoms with Crippen LogP contribution < -0.4 is 0 Å². The predicted octanol–water partition coefficient (Wildman–Crippen LogP) is 2.03. The first-order valence-corrected chi connectivity index (χ1v) is 9.12. The Hall–Kier alpha value is -0.990. The molecule has 1 aliphatic carbocycles. The molecule has 2 aliphatic rings. The van der Waals surface area contributed by atoms with Crippen molar-refractivity contribution in [2.24, 2.45) is 10.8 Å². The summed E-state index contributed by atoms with van der Waals surface area (Å²) in [6.45, 7) is 4.55. The van der Waals surface area contributed by atoms with E-state index in [9.17, 15) is 9.90 Å². The van der Waals surface area contributed by atoms with Gasteiger partial charge < -0.3 is 28.8 Å². The molecule has 7 heteroatoms. The number of aliphatic hydroxyl groups is 1. The maximum absolute atomic E-state index is 13.1. The van der Waals surface area contributed by atoms with Gasteiger partial charge in [0.2, 0.25) is 0 Å². The number of carbonyl (C=O) groups excluding carboxylic acids is 1. The zero-order chi connectivity index (χ0) is 19.2. The van der Waals surface area contributed by atoms with Crippen LogP contribution in [0.2, 0.25) is 0 Å². The Balaban J connectivity index is 2.40. The topological polar surface area (TPSA) is 83.5 Å². The molecule has 1 heterocycles. The molecule has 0 radical (unpaired) electrons. The zero-order valence-corrected chi connectivity index (χ0v) is 16.3. The summed E-state index contributed by atoms with van der Waals surface area (Å²) in [5.74, 6) is -0.284. The number of hydrogen-bond donors (Lipinski definition) is 1. The molecule has 4 atom stereocenters. The highest BCUT2D eigenvalue weighted by molar-refractivity contribution is 5.82. The molecule has 150 valence electrons. The van der Waals surface area contributed by atoms with Crippen molar-refractivity contribution in [1.82, 2.24) is 0 Å². The van der Waals surface area contributed by atoms with Gasteiger partial charge in [-0.15, -0.1) is 0 Å². The third-order valence-electron chi connectivity index (χ3n) is 5.85. The molecule has 0 amide bonds. The van der Waals surface area contributed by atoms with Gasteiger partial charge in [-0.2, -0.15) is 0 Å². The lowest BCUT2D eigenvalue weighted by molar-refractivity contribution is -0.179. The number of methoxy groups -OCH3 is 2. The van der Waals surface area contributed by atoms with Gasteiger partial charge in [-0.3, -0.25) is 4.79 Å². The molecule has 1 aliphatic heterocycles. The van der Waals surface area contributed by atoms with Crippen LogP contribution in [0.5, 0.6) is 0 Å². The maximum atomic E-state index is 13.1. The molecule has 0 aromatic rings. The predicted molar refractivity (Wildman–Crippen MR) is 94.3 cm³/mol. The standard InChI is InChI=1S/C19H32O7/c1-14-7-8-19(11-24-12-22-3)16(10-14)26-17(21)18(19,2)15(6-5-9-20)25-13-23-4/h10,15-16,20H,5-9,11-13H2,1-4H3/t15-,16-,18+,19-/m1/s1. The second kappa shape index (κ2) is 9.28. The van der Waals surface area contributed by atoms with Gasteiger partial charge in [0.05, 0.1) is 18.1 Å². The first-order valence-electron chi connectivity index (χ1n) is 9.12. The van der Waals surface area contributed by atoms with Crippen LogP contribution in [-0.4, -0.2) is 64.3 Å². The maximum Gasteiger partial charge on any atom is 0.315 e. The molecule has 26 heavy (non-hydrogen) atoms. The Labute approximate surface area is 155 Å². The number of ether oxygens (including phenoxy) is 5. The number of fused-ring (bicyclic) bond motifs is 1. The number of allylic oxidation sites excluding steroid dienone is 1. The van der Waals surface area contributed by atoms with Crippen molar-refractivity contribution in [2.75, 3.05) is 41.0 Å². The van der Waals surface area contributed by atoms with Crippen LogP contribution in [0.3, 0.4) is 0 Å². The quantitative estimate of drug-likeness (QED) is 0.257. The lowest BCUT2D eigenvalue weighted by Crippen LogP contribution is -2.55. The Morgan fingerprint density at radius 1 is 1.35 bits per heavy atom. The SMILES string of the molecule is COCOC[C@]12CCC(C)=C[C@H]1OC(=O)[C@]2(C)[C@@H](CCCO)OCOC. The minimum atomic E-state index is -0.906. The molecule has 0 unspecified atom stereocenters. The van der Waals surface area contributed by atoms with E-state index in [2.05, 4.69) is 0 Å². The van der Waals surface area contributed by atoms with Crippen LogP contribution in [-0.2, 0) is 28.5 Å². The Kier molecular flexibility index (Phi) is 7.61. The van der Waals surface area contributed by atoms with Gasteiger partial charge >= 0.3 is 5.97 Å². The second-order valence-electron chi connectivity index (χ2n) is 7.38. The number of rotatable bonds is 11. The van der Waals surface area contributed by atoms with E-state index in [1.165, 1.54) is 5.57 Å². The van der Waals surface area contributed by atoms with E-state index >= 15 is 0 Å². The third-order valence-corrected chi connectivity index (χ3v) is 5.85. The Morgan fingerprint density at radius 2 is 2.08 bits per heavy atom. The summed E-state index contributed by atoms with van der Waals surface area (Å²) in [6.07, 6.45) is 3.94. The summed E-state index contributed by atoms with van der Waals surface area (Å²) >= 11 is 0. The van der Waals surface area contributed by atoms with Crippen molar-refractivity contribution >= 4 is 5.97 Å². The summed E-state index contributed by atoms with van der Waals surface area (Å²) in [7, 11) is 3.12. The highest BCUT2D eigenvalue weighted by Crippen LogP contribution is 2.59. The molecule has 0 saturated carbocycles. The first-order chi connectivity index (χ1) is 12.5. The van der Waals surface area contributed by atoms with Crippen molar-refractivity contribution in [3.8, 4) is 0 Å². The normalized spacial score (nSPS) is 32.1. The minimum absolute atomic E-state index is 0.0353. The third kappa shape index (κ3) is 3.82. The molecule has 1 fully saturated rings. The molecule has 0 spiro atoms. The van der Waals surface area contributed by atoms with Gasteiger partial charge in [0.1, 0.15) is 25.1 Å². The largest absolute Gasteiger partial charge is 0.457 e. The smallest absolute Gasteiger partial charge is 0.315 e. The van der Waals surface area contributed by atoms with E-state index in [4.69, 9.17) is 23.7 Å². The van der Waals surface area contributed by atoms with E-state index in [1.807, 2.05) is 19.9 Å². The number of aliphatic hydroxyl groups excluding tert-OH is 1. The molecule has 0 aromatic carbocycles. The summed E-state index contributed by atoms with van der Waals surface area (Å²) < 4.78 is 27.6. The first kappa shape index (κ1) is 21.3. The van der Waals surface area contributed by atoms with Gasteiger partial charge in [-0.1, -0.05) is 5.57 Å². The van der Waals surface area contributed by atoms with Crippen molar-refractivity contribution in [1.29, 1.82) is 0 Å². The minimum Gasteiger partial charge on any atom is -0.457 e. The van der Waals surface area contributed by atoms with E-state index < -0.39 is 16.9 Å². The van der Waals surface area contributed by atoms with E-state index in [-0.39, 0.29) is 32.3 Å². The van der Waals surface area contributed by atoms with E-state index in [0.29, 0.717) is 19.4 Å². The fourth-order valence-electron chi connectivity index (χ4n) is 4.24. The molecule has 1 saturated heterocycles. The number of esters is 1. The van der Waals surface area contributed by atoms with Crippen LogP contribution in [0.4, 0.5) is 0 Å². The number of hydrogen-bond acceptors (Lipinski definition) is 7. The molecule has 2 rings (SSSR count). The van der Waals surface area contributed by atoms with Gasteiger partial charge in [0.25, 0.3) is 0 Å². The molecule has 0 bridgehead atoms. The van der Waals surface area contributed by atoms with Crippen LogP contribution in [0.25, 0.3) is 0 Å². The van der Waals surface area contributed by atoms with Crippen LogP contribution in [0, 0.1) is 10.8 Å². The highest BCUT2D eigenvalue weighted by atomic mass is 16.7. The Morgan fingerprint density at radius 3 is 2.73 bits per heavy atom. The second-order valence-corrected chi connectivity index (χ2v) is 7.38. The van der Waals surface area contributed by atoms with Gasteiger partial charge in [0, 0.05) is 20.8 Å². The molecule has 0 aromatic heterocycles. The molecular weight excluding hydrogens is 340 g/mol. The monoisotopic (exact) mass is 372 g/mol. The number of carbonyl (C=O) groups is 1. The highest BCUT2D eigenvalue weighted by Gasteiger charge is 2.68. The van der Waals surface area contributed by atoms with Crippen molar-refractivity contribution in [3.63, 3.8) is 0 Å². The Bertz CT molecular complexity index is 498. The van der Waals surface area contributed by atoms with Gasteiger partial charge in [0.15, 0.2) is 0 Å². The van der Waals surface area contributed by atoms with E-state index in [0.717, 1.165) is 12.8 Å². The molecule has 7 nitrogen and oxygen atoms in total. The van der Waals surface area contributed by atoms with Crippen LogP contribution in [0.1, 0.15) is 39.5 Å². The van der Waals surface area contributed by atoms with E-state index in [1.54, 1.807) is 14.2 Å². The average Bonchev–Trinajstić information content (AvgIpc) is 2.84. The lowest BCUT2D eigenvalue weighted by Gasteiger charge is -2.47. The summed E-state index contributed by atoms with van der Waals surface area (Å²) in [4.78, 5) is 13.1. The van der Waals surface area contributed by atoms with Gasteiger partial charge in [-0.25, -0.2) is 0 Å². The summed E-state index contributed by atoms with van der Waals surface area (Å²) in [5, 5.41) is 9.28. The van der Waals surface area contributed by atoms with Crippen molar-refractivity contribution < 1.29 is 33.6 Å². The van der Waals surface area contributed by atoms with Gasteiger partial charge in [-0.05, 0) is 45.6 Å². The fraction of sp³-hybridized carbons (Fsp3) is 0.842. The van der Waals surface area contributed by atoms with Crippen LogP contribution >= 0.6 is 0 Å². The average molecular weight is 372 g/mol. The lowest BCUT2D eigenvalue weighted by atomic mass is 9.56. The molecule has 1 N–H and O–H groups in total. The van der Waals surface area contributed by atoms with Crippen molar-refractivity contribution in [2.45, 2.75) is 51.7 Å².